The second-order valence-corrected chi connectivity index (χ2v) is 1.58. The topological polar surface area (TPSA) is 47.6 Å². The third-order valence-electron chi connectivity index (χ3n) is 0.711. The van der Waals surface area contributed by atoms with E-state index in [0.29, 0.717) is 11.1 Å². The summed E-state index contributed by atoms with van der Waals surface area (Å²) in [6.45, 7) is 5.00. The second-order valence-electron chi connectivity index (χ2n) is 1.58. The van der Waals surface area contributed by atoms with Gasteiger partial charge in [-0.1, -0.05) is 6.58 Å². The molecule has 0 unspecified atom stereocenters. The van der Waals surface area contributed by atoms with Crippen molar-refractivity contribution in [2.24, 2.45) is 0 Å². The third kappa shape index (κ3) is 3.08. The van der Waals surface area contributed by atoms with Crippen molar-refractivity contribution < 1.29 is 0 Å². The first kappa shape index (κ1) is 7.46. The molecule has 0 amide bonds. The Morgan fingerprint density at radius 1 is 1.44 bits per heavy atom. The molecule has 0 aliphatic rings. The summed E-state index contributed by atoms with van der Waals surface area (Å²) in [6, 6.07) is 3.69. The lowest BCUT2D eigenvalue weighted by Gasteiger charge is -1.80. The number of rotatable bonds is 1. The molecule has 0 aliphatic heterocycles. The fourth-order valence-electron chi connectivity index (χ4n) is 0.326. The molecule has 0 aromatic heterocycles. The number of nitrogens with zero attached hydrogens (tertiary/aromatic N) is 2. The van der Waals surface area contributed by atoms with Crippen molar-refractivity contribution >= 4 is 0 Å². The fourth-order valence-corrected chi connectivity index (χ4v) is 0.326. The van der Waals surface area contributed by atoms with E-state index in [4.69, 9.17) is 10.5 Å². The van der Waals surface area contributed by atoms with Gasteiger partial charge in [0.1, 0.15) is 0 Å². The monoisotopic (exact) mass is 118 g/mol. The predicted molar refractivity (Wildman–Crippen MR) is 34.1 cm³/mol. The van der Waals surface area contributed by atoms with Crippen LogP contribution in [0.5, 0.6) is 0 Å². The van der Waals surface area contributed by atoms with Crippen molar-refractivity contribution in [1.29, 1.82) is 10.5 Å². The summed E-state index contributed by atoms with van der Waals surface area (Å²) in [7, 11) is 0. The van der Waals surface area contributed by atoms with Crippen LogP contribution in [0, 0.1) is 22.7 Å². The van der Waals surface area contributed by atoms with Crippen LogP contribution in [0.25, 0.3) is 0 Å². The second kappa shape index (κ2) is 3.46. The molecule has 0 fully saturated rings. The minimum Gasteiger partial charge on any atom is -0.193 e. The zero-order valence-electron chi connectivity index (χ0n) is 5.18. The average molecular weight is 118 g/mol. The molecule has 2 heteroatoms. The minimum atomic E-state index is 0.314. The van der Waals surface area contributed by atoms with Crippen molar-refractivity contribution in [2.45, 2.75) is 6.92 Å². The van der Waals surface area contributed by atoms with Gasteiger partial charge in [-0.25, -0.2) is 0 Å². The highest BCUT2D eigenvalue weighted by Gasteiger charge is 1.85. The summed E-state index contributed by atoms with van der Waals surface area (Å²) in [4.78, 5) is 0. The minimum absolute atomic E-state index is 0.314. The van der Waals surface area contributed by atoms with E-state index in [9.17, 15) is 0 Å². The molecule has 0 aliphatic carbocycles. The van der Waals surface area contributed by atoms with E-state index >= 15 is 0 Å². The van der Waals surface area contributed by atoms with Gasteiger partial charge in [-0.15, -0.1) is 0 Å². The summed E-state index contributed by atoms with van der Waals surface area (Å²) in [6.07, 6.45) is 1.44. The zero-order chi connectivity index (χ0) is 7.28. The number of hydrogen-bond donors (Lipinski definition) is 0. The van der Waals surface area contributed by atoms with E-state index in [1.807, 2.05) is 12.1 Å². The predicted octanol–water partition coefficient (Wildman–Crippen LogP) is 1.54. The van der Waals surface area contributed by atoms with Gasteiger partial charge in [0.15, 0.2) is 0 Å². The lowest BCUT2D eigenvalue weighted by atomic mass is 10.2. The van der Waals surface area contributed by atoms with E-state index in [1.165, 1.54) is 6.08 Å². The van der Waals surface area contributed by atoms with Crippen LogP contribution in [0.4, 0.5) is 0 Å². The Labute approximate surface area is 54.3 Å². The number of allylic oxidation sites excluding steroid dienone is 3. The molecule has 0 rings (SSSR count). The quantitative estimate of drug-likeness (QED) is 0.387. The highest BCUT2D eigenvalue weighted by Crippen LogP contribution is 1.95. The SMILES string of the molecule is C=C(C#N)C=C(C)C#N. The first-order valence-corrected chi connectivity index (χ1v) is 2.38. The van der Waals surface area contributed by atoms with E-state index in [2.05, 4.69) is 6.58 Å². The van der Waals surface area contributed by atoms with Gasteiger partial charge in [-0.05, 0) is 13.0 Å². The third-order valence-corrected chi connectivity index (χ3v) is 0.711. The Morgan fingerprint density at radius 2 is 2.00 bits per heavy atom. The maximum Gasteiger partial charge on any atom is 0.0985 e. The van der Waals surface area contributed by atoms with Crippen LogP contribution in [0.3, 0.4) is 0 Å². The fraction of sp³-hybridized carbons (Fsp3) is 0.143. The highest BCUT2D eigenvalue weighted by atomic mass is 14.2. The van der Waals surface area contributed by atoms with Crippen molar-refractivity contribution in [2.75, 3.05) is 0 Å². The molecule has 0 aromatic rings. The molecule has 2 nitrogen and oxygen atoms in total. The zero-order valence-corrected chi connectivity index (χ0v) is 5.18. The molecule has 0 heterocycles. The van der Waals surface area contributed by atoms with Crippen molar-refractivity contribution in [1.82, 2.24) is 0 Å². The van der Waals surface area contributed by atoms with Crippen LogP contribution < -0.4 is 0 Å². The van der Waals surface area contributed by atoms with Gasteiger partial charge in [-0.3, -0.25) is 0 Å². The summed E-state index contributed by atoms with van der Waals surface area (Å²) < 4.78 is 0. The van der Waals surface area contributed by atoms with E-state index in [-0.39, 0.29) is 0 Å². The van der Waals surface area contributed by atoms with E-state index in [0.717, 1.165) is 0 Å². The lowest BCUT2D eigenvalue weighted by molar-refractivity contribution is 1.43. The van der Waals surface area contributed by atoms with Gasteiger partial charge in [0.05, 0.1) is 12.1 Å². The molecular weight excluding hydrogens is 112 g/mol. The Balaban J connectivity index is 4.22. The van der Waals surface area contributed by atoms with Gasteiger partial charge in [0.2, 0.25) is 0 Å². The summed E-state index contributed by atoms with van der Waals surface area (Å²) in [5.41, 5.74) is 0.815. The molecule has 0 saturated carbocycles. The van der Waals surface area contributed by atoms with Crippen LogP contribution >= 0.6 is 0 Å². The van der Waals surface area contributed by atoms with Crippen LogP contribution in [-0.4, -0.2) is 0 Å². The lowest BCUT2D eigenvalue weighted by Crippen LogP contribution is -1.70. The molecule has 0 saturated heterocycles. The van der Waals surface area contributed by atoms with E-state index in [1.54, 1.807) is 6.92 Å². The Hall–Kier alpha value is -1.54. The molecule has 44 valence electrons. The van der Waals surface area contributed by atoms with Crippen molar-refractivity contribution in [3.05, 3.63) is 23.8 Å². The van der Waals surface area contributed by atoms with Gasteiger partial charge in [0, 0.05) is 11.1 Å². The maximum absolute atomic E-state index is 8.21. The van der Waals surface area contributed by atoms with Crippen molar-refractivity contribution in [3.8, 4) is 12.1 Å². The highest BCUT2D eigenvalue weighted by molar-refractivity contribution is 5.36. The molecule has 9 heavy (non-hydrogen) atoms. The van der Waals surface area contributed by atoms with Crippen molar-refractivity contribution in [3.63, 3.8) is 0 Å². The van der Waals surface area contributed by atoms with Gasteiger partial charge in [0.25, 0.3) is 0 Å². The molecule has 0 bridgehead atoms. The molecular formula is C7H6N2. The Morgan fingerprint density at radius 3 is 2.33 bits per heavy atom. The molecule has 0 radical (unpaired) electrons. The molecule has 0 N–H and O–H groups in total. The van der Waals surface area contributed by atoms with Crippen LogP contribution in [-0.2, 0) is 0 Å². The van der Waals surface area contributed by atoms with E-state index < -0.39 is 0 Å². The normalized spacial score (nSPS) is 9.44. The van der Waals surface area contributed by atoms with Crippen LogP contribution in [0.15, 0.2) is 23.8 Å². The average Bonchev–Trinajstić information content (AvgIpc) is 1.87. The van der Waals surface area contributed by atoms with Crippen LogP contribution in [0.1, 0.15) is 6.92 Å². The first-order chi connectivity index (χ1) is 4.20. The Kier molecular flexibility index (Phi) is 2.87. The number of nitriles is 2. The molecule has 0 spiro atoms. The standard InChI is InChI=1S/C7H6N2/c1-6(4-8)3-7(2)5-9/h3H,1H2,2H3. The van der Waals surface area contributed by atoms with Gasteiger partial charge >= 0.3 is 0 Å². The Bertz CT molecular complexity index is 222. The smallest absolute Gasteiger partial charge is 0.0985 e. The molecule has 0 atom stereocenters. The summed E-state index contributed by atoms with van der Waals surface area (Å²) in [5, 5.41) is 16.4. The van der Waals surface area contributed by atoms with Gasteiger partial charge < -0.3 is 0 Å². The first-order valence-electron chi connectivity index (χ1n) is 2.38. The largest absolute Gasteiger partial charge is 0.193 e. The molecule has 0 aromatic carbocycles. The van der Waals surface area contributed by atoms with Gasteiger partial charge in [-0.2, -0.15) is 10.5 Å². The summed E-state index contributed by atoms with van der Waals surface area (Å²) in [5.74, 6) is 0. The summed E-state index contributed by atoms with van der Waals surface area (Å²) >= 11 is 0. The maximum atomic E-state index is 8.21. The number of hydrogen-bond acceptors (Lipinski definition) is 2. The van der Waals surface area contributed by atoms with Crippen LogP contribution in [0.2, 0.25) is 0 Å².